The third-order valence-corrected chi connectivity index (χ3v) is 0.312. The molecule has 0 saturated carbocycles. The molecule has 0 aromatic heterocycles. The quantitative estimate of drug-likeness (QED) is 0.248. The summed E-state index contributed by atoms with van der Waals surface area (Å²) in [5.74, 6) is 0. The molecular weight excluding hydrogens is 80.0 g/mol. The molecule has 0 amide bonds. The summed E-state index contributed by atoms with van der Waals surface area (Å²) in [7, 11) is 3.54. The van der Waals surface area contributed by atoms with E-state index in [1.807, 2.05) is 0 Å². The van der Waals surface area contributed by atoms with Crippen LogP contribution in [0.1, 0.15) is 0 Å². The van der Waals surface area contributed by atoms with Gasteiger partial charge in [-0.05, 0) is 14.1 Å². The minimum Gasteiger partial charge on any atom is -0.246 e. The molecule has 4 N–H and O–H groups in total. The van der Waals surface area contributed by atoms with E-state index in [1.54, 1.807) is 14.1 Å². The second kappa shape index (κ2) is 4.84. The van der Waals surface area contributed by atoms with Crippen molar-refractivity contribution in [2.24, 2.45) is 0 Å². The first-order valence-electron chi connectivity index (χ1n) is 1.75. The van der Waals surface area contributed by atoms with Crippen molar-refractivity contribution < 1.29 is 0 Å². The van der Waals surface area contributed by atoms with E-state index >= 15 is 0 Å². The van der Waals surface area contributed by atoms with Gasteiger partial charge < -0.3 is 0 Å². The van der Waals surface area contributed by atoms with Gasteiger partial charge in [0, 0.05) is 0 Å². The summed E-state index contributed by atoms with van der Waals surface area (Å²) in [4.78, 5) is 0. The molecule has 0 atom stereocenters. The van der Waals surface area contributed by atoms with Crippen LogP contribution >= 0.6 is 0 Å². The Balaban J connectivity index is 2.34. The summed E-state index contributed by atoms with van der Waals surface area (Å²) in [6.45, 7) is 0. The van der Waals surface area contributed by atoms with Gasteiger partial charge in [0.1, 0.15) is 0 Å². The first-order chi connectivity index (χ1) is 2.91. The number of rotatable bonds is 3. The predicted octanol–water partition coefficient (Wildman–Crippen LogP) is -1.65. The van der Waals surface area contributed by atoms with Gasteiger partial charge in [-0.2, -0.15) is 11.1 Å². The molecule has 38 valence electrons. The predicted molar refractivity (Wildman–Crippen MR) is 24.4 cm³/mol. The lowest BCUT2D eigenvalue weighted by molar-refractivity contribution is 0.420. The van der Waals surface area contributed by atoms with E-state index in [0.29, 0.717) is 0 Å². The third-order valence-electron chi connectivity index (χ3n) is 0.312. The topological polar surface area (TPSA) is 48.1 Å². The van der Waals surface area contributed by atoms with Gasteiger partial charge in [0.25, 0.3) is 0 Å². The first-order valence-corrected chi connectivity index (χ1v) is 1.75. The standard InChI is InChI=1S/C2H10N4/c1-3-5-6-4-2/h3-6H,1-2H3. The number of hydrogen-bond donors (Lipinski definition) is 4. The van der Waals surface area contributed by atoms with Gasteiger partial charge in [-0.1, -0.05) is 0 Å². The van der Waals surface area contributed by atoms with E-state index in [0.717, 1.165) is 0 Å². The maximum absolute atomic E-state index is 2.64. The van der Waals surface area contributed by atoms with Gasteiger partial charge in [0.05, 0.1) is 0 Å². The average Bonchev–Trinajstić information content (AvgIpc) is 1.61. The molecule has 0 unspecified atom stereocenters. The molecule has 0 heterocycles. The molecule has 4 heteroatoms. The number of hydrazine groups is 3. The molecule has 0 aliphatic rings. The van der Waals surface area contributed by atoms with Gasteiger partial charge in [-0.15, -0.1) is 0 Å². The van der Waals surface area contributed by atoms with Crippen LogP contribution in [0.3, 0.4) is 0 Å². The first kappa shape index (κ1) is 5.84. The largest absolute Gasteiger partial charge is 0.246 e. The highest BCUT2D eigenvalue weighted by Gasteiger charge is 1.62. The van der Waals surface area contributed by atoms with E-state index in [4.69, 9.17) is 0 Å². The summed E-state index contributed by atoms with van der Waals surface area (Å²) < 4.78 is 0. The zero-order valence-corrected chi connectivity index (χ0v) is 4.00. The van der Waals surface area contributed by atoms with Crippen molar-refractivity contribution in [1.29, 1.82) is 0 Å². The fourth-order valence-corrected chi connectivity index (χ4v) is 0.125. The molecule has 0 fully saturated rings. The molecule has 4 nitrogen and oxygen atoms in total. The zero-order chi connectivity index (χ0) is 4.83. The van der Waals surface area contributed by atoms with E-state index in [1.165, 1.54) is 0 Å². The Morgan fingerprint density at radius 2 is 1.17 bits per heavy atom. The molecule has 0 aromatic carbocycles. The molecule has 0 saturated heterocycles. The van der Waals surface area contributed by atoms with Gasteiger partial charge in [-0.3, -0.25) is 0 Å². The maximum Gasteiger partial charge on any atom is -0.000112 e. The Morgan fingerprint density at radius 3 is 1.33 bits per heavy atom. The van der Waals surface area contributed by atoms with E-state index < -0.39 is 0 Å². The van der Waals surface area contributed by atoms with Crippen molar-refractivity contribution in [3.8, 4) is 0 Å². The molecule has 0 radical (unpaired) electrons. The number of hydrogen-bond acceptors (Lipinski definition) is 4. The van der Waals surface area contributed by atoms with E-state index in [2.05, 4.69) is 21.9 Å². The Hall–Kier alpha value is -0.160. The lowest BCUT2D eigenvalue weighted by atomic mass is 11.5. The van der Waals surface area contributed by atoms with Crippen molar-refractivity contribution >= 4 is 0 Å². The smallest absolute Gasteiger partial charge is 0.000112 e. The fraction of sp³-hybridized carbons (Fsp3) is 1.00. The van der Waals surface area contributed by atoms with Gasteiger partial charge in [0.2, 0.25) is 0 Å². The molecule has 0 rings (SSSR count). The summed E-state index contributed by atoms with van der Waals surface area (Å²) in [5, 5.41) is 0. The molecule has 0 bridgehead atoms. The Morgan fingerprint density at radius 1 is 0.833 bits per heavy atom. The van der Waals surface area contributed by atoms with Crippen LogP contribution in [0, 0.1) is 0 Å². The monoisotopic (exact) mass is 90.1 g/mol. The molecule has 0 aliphatic carbocycles. The fourth-order valence-electron chi connectivity index (χ4n) is 0.125. The van der Waals surface area contributed by atoms with Crippen LogP contribution in [0.15, 0.2) is 0 Å². The molecule has 0 spiro atoms. The summed E-state index contributed by atoms with van der Waals surface area (Å²) in [6.07, 6.45) is 0. The highest BCUT2D eigenvalue weighted by Crippen LogP contribution is 1.17. The summed E-state index contributed by atoms with van der Waals surface area (Å²) >= 11 is 0. The van der Waals surface area contributed by atoms with Crippen molar-refractivity contribution in [1.82, 2.24) is 21.9 Å². The summed E-state index contributed by atoms with van der Waals surface area (Å²) in [6, 6.07) is 0. The van der Waals surface area contributed by atoms with Gasteiger partial charge in [0.15, 0.2) is 0 Å². The van der Waals surface area contributed by atoms with Gasteiger partial charge in [-0.25, -0.2) is 10.9 Å². The minimum atomic E-state index is 1.77. The molecule has 0 aromatic rings. The van der Waals surface area contributed by atoms with Crippen molar-refractivity contribution in [3.05, 3.63) is 0 Å². The Labute approximate surface area is 37.2 Å². The van der Waals surface area contributed by atoms with Crippen LogP contribution in [-0.4, -0.2) is 14.1 Å². The maximum atomic E-state index is 2.64. The molecule has 0 aliphatic heterocycles. The SMILES string of the molecule is CNNNNC. The third kappa shape index (κ3) is 3.84. The second-order valence-corrected chi connectivity index (χ2v) is 0.750. The average molecular weight is 90.1 g/mol. The second-order valence-electron chi connectivity index (χ2n) is 0.750. The summed E-state index contributed by atoms with van der Waals surface area (Å²) in [5.41, 5.74) is 10.5. The zero-order valence-electron chi connectivity index (χ0n) is 4.00. The molecular formula is C2H10N4. The minimum absolute atomic E-state index is 1.77. The van der Waals surface area contributed by atoms with Crippen molar-refractivity contribution in [2.45, 2.75) is 0 Å². The van der Waals surface area contributed by atoms with Crippen molar-refractivity contribution in [2.75, 3.05) is 14.1 Å². The van der Waals surface area contributed by atoms with Crippen LogP contribution in [0.2, 0.25) is 0 Å². The normalized spacial score (nSPS) is 9.00. The van der Waals surface area contributed by atoms with Crippen LogP contribution in [0.5, 0.6) is 0 Å². The van der Waals surface area contributed by atoms with Crippen LogP contribution in [0.4, 0.5) is 0 Å². The van der Waals surface area contributed by atoms with Crippen molar-refractivity contribution in [3.63, 3.8) is 0 Å². The highest BCUT2D eigenvalue weighted by atomic mass is 15.7. The molecule has 6 heavy (non-hydrogen) atoms. The van der Waals surface area contributed by atoms with Gasteiger partial charge >= 0.3 is 0 Å². The number of nitrogens with one attached hydrogen (secondary N) is 4. The van der Waals surface area contributed by atoms with Crippen LogP contribution in [0.25, 0.3) is 0 Å². The highest BCUT2D eigenvalue weighted by molar-refractivity contribution is 4.07. The lowest BCUT2D eigenvalue weighted by Gasteiger charge is -1.99. The van der Waals surface area contributed by atoms with Crippen LogP contribution in [-0.2, 0) is 0 Å². The van der Waals surface area contributed by atoms with Crippen LogP contribution < -0.4 is 21.9 Å². The lowest BCUT2D eigenvalue weighted by Crippen LogP contribution is -2.47. The van der Waals surface area contributed by atoms with E-state index in [-0.39, 0.29) is 0 Å². The Kier molecular flexibility index (Phi) is 4.71. The Bertz CT molecular complexity index is 17.5. The van der Waals surface area contributed by atoms with E-state index in [9.17, 15) is 0 Å².